The maximum Gasteiger partial charge on any atom is 0.323 e. The lowest BCUT2D eigenvalue weighted by Crippen LogP contribution is -2.43. The number of benzene rings is 1. The van der Waals surface area contributed by atoms with E-state index in [1.54, 1.807) is 4.90 Å². The van der Waals surface area contributed by atoms with Crippen LogP contribution >= 0.6 is 0 Å². The van der Waals surface area contributed by atoms with Gasteiger partial charge >= 0.3 is 5.97 Å². The first kappa shape index (κ1) is 18.0. The number of amides is 2. The van der Waals surface area contributed by atoms with Crippen LogP contribution in [0.25, 0.3) is 11.0 Å². The van der Waals surface area contributed by atoms with E-state index in [0.717, 1.165) is 11.8 Å². The van der Waals surface area contributed by atoms with Crippen molar-refractivity contribution >= 4 is 28.8 Å². The second-order valence-corrected chi connectivity index (χ2v) is 6.56. The summed E-state index contributed by atoms with van der Waals surface area (Å²) in [4.78, 5) is 38.9. The van der Waals surface area contributed by atoms with Crippen LogP contribution in [0.4, 0.5) is 0 Å². The highest BCUT2D eigenvalue weighted by Crippen LogP contribution is 2.24. The Hall–Kier alpha value is -2.83. The van der Waals surface area contributed by atoms with Gasteiger partial charge in [-0.05, 0) is 25.3 Å². The van der Waals surface area contributed by atoms with E-state index in [1.807, 2.05) is 24.3 Å². The Morgan fingerprint density at radius 2 is 2.00 bits per heavy atom. The Morgan fingerprint density at radius 3 is 2.73 bits per heavy atom. The Labute approximate surface area is 151 Å². The molecule has 26 heavy (non-hydrogen) atoms. The molecule has 1 atom stereocenters. The van der Waals surface area contributed by atoms with E-state index in [0.29, 0.717) is 37.1 Å². The van der Waals surface area contributed by atoms with Crippen LogP contribution < -0.4 is 0 Å². The molecule has 2 aromatic rings. The van der Waals surface area contributed by atoms with Crippen molar-refractivity contribution in [2.24, 2.45) is 0 Å². The molecule has 7 nitrogen and oxygen atoms in total. The zero-order chi connectivity index (χ0) is 18.7. The lowest BCUT2D eigenvalue weighted by molar-refractivity contribution is -0.145. The Morgan fingerprint density at radius 1 is 1.23 bits per heavy atom. The number of rotatable bonds is 4. The van der Waals surface area contributed by atoms with E-state index >= 15 is 0 Å². The molecular formula is C19H22N2O5. The third-order valence-electron chi connectivity index (χ3n) is 4.85. The Kier molecular flexibility index (Phi) is 5.25. The number of hydrogen-bond acceptors (Lipinski definition) is 4. The highest BCUT2D eigenvalue weighted by molar-refractivity contribution is 6.05. The molecule has 138 valence electrons. The van der Waals surface area contributed by atoms with E-state index in [-0.39, 0.29) is 24.4 Å². The molecular weight excluding hydrogens is 336 g/mol. The summed E-state index contributed by atoms with van der Waals surface area (Å²) in [5.41, 5.74) is 1.21. The van der Waals surface area contributed by atoms with Crippen molar-refractivity contribution < 1.29 is 23.9 Å². The van der Waals surface area contributed by atoms with Gasteiger partial charge in [0, 0.05) is 31.4 Å². The number of likely N-dealkylation sites (tertiary alicyclic amines) is 1. The van der Waals surface area contributed by atoms with Crippen molar-refractivity contribution in [2.75, 3.05) is 19.6 Å². The Balaban J connectivity index is 1.73. The normalized spacial score (nSPS) is 17.7. The van der Waals surface area contributed by atoms with Gasteiger partial charge in [-0.1, -0.05) is 18.2 Å². The molecule has 0 saturated carbocycles. The zero-order valence-corrected chi connectivity index (χ0v) is 14.7. The number of carboxylic acids is 1. The molecule has 2 amide bonds. The molecule has 0 aliphatic carbocycles. The van der Waals surface area contributed by atoms with E-state index in [9.17, 15) is 14.4 Å². The van der Waals surface area contributed by atoms with Crippen LogP contribution in [0.5, 0.6) is 0 Å². The fourth-order valence-corrected chi connectivity index (χ4v) is 3.55. The number of carbonyl (C=O) groups excluding carboxylic acids is 2. The second kappa shape index (κ2) is 7.59. The van der Waals surface area contributed by atoms with Crippen molar-refractivity contribution in [3.05, 3.63) is 36.1 Å². The monoisotopic (exact) mass is 358 g/mol. The van der Waals surface area contributed by atoms with Gasteiger partial charge in [0.25, 0.3) is 5.91 Å². The van der Waals surface area contributed by atoms with Crippen molar-refractivity contribution in [1.29, 1.82) is 0 Å². The third kappa shape index (κ3) is 3.71. The molecule has 0 radical (unpaired) electrons. The molecule has 1 fully saturated rings. The van der Waals surface area contributed by atoms with Crippen LogP contribution in [0, 0.1) is 0 Å². The predicted molar refractivity (Wildman–Crippen MR) is 94.8 cm³/mol. The summed E-state index contributed by atoms with van der Waals surface area (Å²) in [6.07, 6.45) is 3.45. The summed E-state index contributed by atoms with van der Waals surface area (Å²) in [5.74, 6) is -1.37. The van der Waals surface area contributed by atoms with Gasteiger partial charge in [-0.3, -0.25) is 14.4 Å². The van der Waals surface area contributed by atoms with Crippen molar-refractivity contribution in [3.63, 3.8) is 0 Å². The Bertz CT molecular complexity index is 828. The van der Waals surface area contributed by atoms with Gasteiger partial charge in [0.2, 0.25) is 5.91 Å². The number of hydrogen-bond donors (Lipinski definition) is 1. The molecule has 1 aliphatic heterocycles. The lowest BCUT2D eigenvalue weighted by Gasteiger charge is -2.28. The molecule has 1 unspecified atom stereocenters. The van der Waals surface area contributed by atoms with Crippen LogP contribution in [0.1, 0.15) is 36.5 Å². The lowest BCUT2D eigenvalue weighted by atomic mass is 10.1. The summed E-state index contributed by atoms with van der Waals surface area (Å²) >= 11 is 0. The zero-order valence-electron chi connectivity index (χ0n) is 14.7. The second-order valence-electron chi connectivity index (χ2n) is 6.56. The van der Waals surface area contributed by atoms with Gasteiger partial charge in [-0.2, -0.15) is 0 Å². The molecule has 0 spiro atoms. The maximum absolute atomic E-state index is 12.9. The first-order valence-electron chi connectivity index (χ1n) is 8.72. The summed E-state index contributed by atoms with van der Waals surface area (Å²) in [6.45, 7) is 2.13. The standard InChI is InChI=1S/C19H22N2O5/c1-13(22)21(11-18(23)24)14-5-4-9-20(10-8-14)19(25)16-12-26-17-7-3-2-6-15(16)17/h2-3,6-7,12,14H,4-5,8-11H2,1H3,(H,23,24). The molecule has 2 heterocycles. The fourth-order valence-electron chi connectivity index (χ4n) is 3.55. The summed E-state index contributed by atoms with van der Waals surface area (Å²) in [6, 6.07) is 7.24. The van der Waals surface area contributed by atoms with E-state index < -0.39 is 5.97 Å². The minimum absolute atomic E-state index is 0.0943. The quantitative estimate of drug-likeness (QED) is 0.906. The van der Waals surface area contributed by atoms with Crippen LogP contribution in [0.15, 0.2) is 34.9 Å². The number of nitrogens with zero attached hydrogens (tertiary/aromatic N) is 2. The first-order valence-corrected chi connectivity index (χ1v) is 8.72. The van der Waals surface area contributed by atoms with E-state index in [4.69, 9.17) is 9.52 Å². The fraction of sp³-hybridized carbons (Fsp3) is 0.421. The van der Waals surface area contributed by atoms with Gasteiger partial charge in [0.15, 0.2) is 0 Å². The van der Waals surface area contributed by atoms with Crippen molar-refractivity contribution in [3.8, 4) is 0 Å². The SMILES string of the molecule is CC(=O)N(CC(=O)O)C1CCCN(C(=O)c2coc3ccccc23)CC1. The molecule has 3 rings (SSSR count). The number of fused-ring (bicyclic) bond motifs is 1. The number of aliphatic carboxylic acids is 1. The van der Waals surface area contributed by atoms with Gasteiger partial charge < -0.3 is 19.3 Å². The number of para-hydroxylation sites is 1. The van der Waals surface area contributed by atoms with Crippen LogP contribution in [0.3, 0.4) is 0 Å². The number of carbonyl (C=O) groups is 3. The average Bonchev–Trinajstić information content (AvgIpc) is 2.88. The minimum atomic E-state index is -1.03. The smallest absolute Gasteiger partial charge is 0.323 e. The molecule has 1 N–H and O–H groups in total. The maximum atomic E-state index is 12.9. The van der Waals surface area contributed by atoms with E-state index in [2.05, 4.69) is 0 Å². The van der Waals surface area contributed by atoms with Crippen molar-refractivity contribution in [2.45, 2.75) is 32.2 Å². The average molecular weight is 358 g/mol. The van der Waals surface area contributed by atoms with Crippen LogP contribution in [-0.4, -0.2) is 58.4 Å². The van der Waals surface area contributed by atoms with Crippen LogP contribution in [-0.2, 0) is 9.59 Å². The molecule has 0 bridgehead atoms. The topological polar surface area (TPSA) is 91.1 Å². The van der Waals surface area contributed by atoms with Crippen LogP contribution in [0.2, 0.25) is 0 Å². The molecule has 1 aliphatic rings. The third-order valence-corrected chi connectivity index (χ3v) is 4.85. The predicted octanol–water partition coefficient (Wildman–Crippen LogP) is 2.36. The highest BCUT2D eigenvalue weighted by Gasteiger charge is 2.28. The summed E-state index contributed by atoms with van der Waals surface area (Å²) in [7, 11) is 0. The largest absolute Gasteiger partial charge is 0.480 e. The van der Waals surface area contributed by atoms with Crippen molar-refractivity contribution in [1.82, 2.24) is 9.80 Å². The van der Waals surface area contributed by atoms with Gasteiger partial charge in [0.05, 0.1) is 5.56 Å². The van der Waals surface area contributed by atoms with Gasteiger partial charge in [-0.15, -0.1) is 0 Å². The summed E-state index contributed by atoms with van der Waals surface area (Å²) in [5, 5.41) is 9.82. The van der Waals surface area contributed by atoms with E-state index in [1.165, 1.54) is 18.1 Å². The number of furan rings is 1. The summed E-state index contributed by atoms with van der Waals surface area (Å²) < 4.78 is 5.46. The molecule has 1 aromatic carbocycles. The van der Waals surface area contributed by atoms with Gasteiger partial charge in [0.1, 0.15) is 18.4 Å². The highest BCUT2D eigenvalue weighted by atomic mass is 16.4. The number of carboxylic acid groups (broad SMARTS) is 1. The first-order chi connectivity index (χ1) is 12.5. The van der Waals surface area contributed by atoms with Gasteiger partial charge in [-0.25, -0.2) is 0 Å². The minimum Gasteiger partial charge on any atom is -0.480 e. The molecule has 1 saturated heterocycles. The molecule has 1 aromatic heterocycles. The molecule has 7 heteroatoms.